The summed E-state index contributed by atoms with van der Waals surface area (Å²) in [5.74, 6) is -0.190. The lowest BCUT2D eigenvalue weighted by molar-refractivity contribution is 0.0915. The molecule has 1 aromatic rings. The zero-order valence-corrected chi connectivity index (χ0v) is 10.0. The molecule has 0 unspecified atom stereocenters. The molecule has 86 valence electrons. The minimum atomic E-state index is -0.529. The number of aromatic nitrogens is 1. The SMILES string of the molecule is CC(C)(CC(=N)Cl)NC(=O)c1ccncc1. The summed E-state index contributed by atoms with van der Waals surface area (Å²) in [6, 6.07) is 3.27. The minimum absolute atomic E-state index is 0.0278. The molecule has 0 radical (unpaired) electrons. The summed E-state index contributed by atoms with van der Waals surface area (Å²) in [7, 11) is 0. The van der Waals surface area contributed by atoms with Gasteiger partial charge in [0.15, 0.2) is 0 Å². The fourth-order valence-corrected chi connectivity index (χ4v) is 1.65. The molecular formula is C11H14ClN3O. The molecular weight excluding hydrogens is 226 g/mol. The maximum atomic E-state index is 11.8. The fraction of sp³-hybridized carbons (Fsp3) is 0.364. The van der Waals surface area contributed by atoms with Crippen LogP contribution in [0.5, 0.6) is 0 Å². The molecule has 2 N–H and O–H groups in total. The first-order valence-electron chi connectivity index (χ1n) is 4.86. The Kier molecular flexibility index (Phi) is 4.01. The van der Waals surface area contributed by atoms with E-state index in [1.165, 1.54) is 0 Å². The number of amides is 1. The highest BCUT2D eigenvalue weighted by molar-refractivity contribution is 6.64. The lowest BCUT2D eigenvalue weighted by Crippen LogP contribution is -2.44. The molecule has 0 saturated heterocycles. The molecule has 0 aliphatic carbocycles. The number of carbonyl (C=O) groups excluding carboxylic acids is 1. The summed E-state index contributed by atoms with van der Waals surface area (Å²) in [5.41, 5.74) is 0.0170. The van der Waals surface area contributed by atoms with E-state index >= 15 is 0 Å². The molecule has 0 fully saturated rings. The van der Waals surface area contributed by atoms with E-state index in [2.05, 4.69) is 10.3 Å². The molecule has 0 atom stereocenters. The maximum absolute atomic E-state index is 11.8. The van der Waals surface area contributed by atoms with E-state index in [-0.39, 0.29) is 11.1 Å². The Morgan fingerprint density at radius 1 is 1.50 bits per heavy atom. The van der Waals surface area contributed by atoms with Gasteiger partial charge in [0.25, 0.3) is 5.91 Å². The van der Waals surface area contributed by atoms with Gasteiger partial charge < -0.3 is 5.32 Å². The third-order valence-corrected chi connectivity index (χ3v) is 2.13. The molecule has 5 heteroatoms. The van der Waals surface area contributed by atoms with E-state index in [1.54, 1.807) is 24.5 Å². The van der Waals surface area contributed by atoms with E-state index < -0.39 is 5.54 Å². The van der Waals surface area contributed by atoms with Crippen LogP contribution in [0.15, 0.2) is 24.5 Å². The van der Waals surface area contributed by atoms with Crippen molar-refractivity contribution in [1.82, 2.24) is 10.3 Å². The van der Waals surface area contributed by atoms with Gasteiger partial charge in [0.2, 0.25) is 0 Å². The van der Waals surface area contributed by atoms with Crippen molar-refractivity contribution in [2.45, 2.75) is 25.8 Å². The highest BCUT2D eigenvalue weighted by atomic mass is 35.5. The normalized spacial score (nSPS) is 10.9. The lowest BCUT2D eigenvalue weighted by atomic mass is 10.0. The number of carbonyl (C=O) groups is 1. The van der Waals surface area contributed by atoms with Crippen LogP contribution in [0.1, 0.15) is 30.6 Å². The Hall–Kier alpha value is -1.42. The van der Waals surface area contributed by atoms with Gasteiger partial charge in [0.05, 0.1) is 5.17 Å². The molecule has 4 nitrogen and oxygen atoms in total. The summed E-state index contributed by atoms with van der Waals surface area (Å²) in [6.07, 6.45) is 3.43. The molecule has 0 spiro atoms. The van der Waals surface area contributed by atoms with Crippen molar-refractivity contribution in [2.24, 2.45) is 0 Å². The van der Waals surface area contributed by atoms with Gasteiger partial charge in [0, 0.05) is 29.9 Å². The van der Waals surface area contributed by atoms with Gasteiger partial charge in [-0.05, 0) is 26.0 Å². The summed E-state index contributed by atoms with van der Waals surface area (Å²) in [6.45, 7) is 3.64. The van der Waals surface area contributed by atoms with E-state index in [9.17, 15) is 4.79 Å². The van der Waals surface area contributed by atoms with Gasteiger partial charge in [-0.15, -0.1) is 0 Å². The van der Waals surface area contributed by atoms with E-state index in [4.69, 9.17) is 17.0 Å². The zero-order valence-electron chi connectivity index (χ0n) is 9.25. The first-order valence-corrected chi connectivity index (χ1v) is 5.24. The third kappa shape index (κ3) is 3.98. The number of hydrogen-bond acceptors (Lipinski definition) is 3. The van der Waals surface area contributed by atoms with E-state index in [0.29, 0.717) is 12.0 Å². The number of nitrogens with zero attached hydrogens (tertiary/aromatic N) is 1. The van der Waals surface area contributed by atoms with Crippen molar-refractivity contribution in [3.63, 3.8) is 0 Å². The van der Waals surface area contributed by atoms with Crippen LogP contribution in [-0.4, -0.2) is 21.6 Å². The standard InChI is InChI=1S/C11H14ClN3O/c1-11(2,7-9(12)13)15-10(16)8-3-5-14-6-4-8/h3-6,13H,7H2,1-2H3,(H,15,16). The van der Waals surface area contributed by atoms with Crippen LogP contribution in [0.25, 0.3) is 0 Å². The maximum Gasteiger partial charge on any atom is 0.251 e. The quantitative estimate of drug-likeness (QED) is 0.791. The summed E-state index contributed by atoms with van der Waals surface area (Å²) >= 11 is 5.51. The highest BCUT2D eigenvalue weighted by Gasteiger charge is 2.22. The molecule has 0 aliphatic heterocycles. The van der Waals surface area contributed by atoms with Crippen LogP contribution >= 0.6 is 11.6 Å². The Labute approximate surface area is 99.5 Å². The third-order valence-electron chi connectivity index (χ3n) is 1.99. The van der Waals surface area contributed by atoms with Crippen molar-refractivity contribution in [2.75, 3.05) is 0 Å². The predicted octanol–water partition coefficient (Wildman–Crippen LogP) is 2.20. The Morgan fingerprint density at radius 2 is 2.06 bits per heavy atom. The summed E-state index contributed by atoms with van der Waals surface area (Å²) < 4.78 is 0. The van der Waals surface area contributed by atoms with Crippen LogP contribution in [0.2, 0.25) is 0 Å². The summed E-state index contributed by atoms with van der Waals surface area (Å²) in [4.78, 5) is 15.6. The second kappa shape index (κ2) is 5.07. The number of pyridine rings is 1. The molecule has 0 saturated carbocycles. The number of halogens is 1. The molecule has 0 aromatic carbocycles. The van der Waals surface area contributed by atoms with Crippen LogP contribution < -0.4 is 5.32 Å². The average molecular weight is 240 g/mol. The smallest absolute Gasteiger partial charge is 0.251 e. The Bertz CT molecular complexity index is 389. The predicted molar refractivity (Wildman–Crippen MR) is 64.0 cm³/mol. The van der Waals surface area contributed by atoms with Gasteiger partial charge in [-0.2, -0.15) is 0 Å². The second-order valence-corrected chi connectivity index (χ2v) is 4.61. The first kappa shape index (κ1) is 12.6. The molecule has 16 heavy (non-hydrogen) atoms. The zero-order chi connectivity index (χ0) is 12.2. The largest absolute Gasteiger partial charge is 0.347 e. The van der Waals surface area contributed by atoms with Crippen LogP contribution in [-0.2, 0) is 0 Å². The number of hydrogen-bond donors (Lipinski definition) is 2. The highest BCUT2D eigenvalue weighted by Crippen LogP contribution is 2.12. The van der Waals surface area contributed by atoms with Gasteiger partial charge in [0.1, 0.15) is 0 Å². The monoisotopic (exact) mass is 239 g/mol. The molecule has 1 heterocycles. The van der Waals surface area contributed by atoms with Gasteiger partial charge in [-0.25, -0.2) is 0 Å². The topological polar surface area (TPSA) is 65.8 Å². The molecule has 1 aromatic heterocycles. The van der Waals surface area contributed by atoms with Crippen LogP contribution in [0.4, 0.5) is 0 Å². The van der Waals surface area contributed by atoms with Crippen molar-refractivity contribution in [3.8, 4) is 0 Å². The molecule has 0 aliphatic rings. The Balaban J connectivity index is 2.68. The minimum Gasteiger partial charge on any atom is -0.347 e. The molecule has 1 rings (SSSR count). The van der Waals surface area contributed by atoms with Gasteiger partial charge in [-0.3, -0.25) is 15.2 Å². The number of nitrogens with one attached hydrogen (secondary N) is 2. The first-order chi connectivity index (χ1) is 7.41. The average Bonchev–Trinajstić information content (AvgIpc) is 2.16. The van der Waals surface area contributed by atoms with Crippen LogP contribution in [0, 0.1) is 5.41 Å². The van der Waals surface area contributed by atoms with Crippen molar-refractivity contribution in [1.29, 1.82) is 5.41 Å². The molecule has 0 bridgehead atoms. The van der Waals surface area contributed by atoms with Crippen molar-refractivity contribution >= 4 is 22.7 Å². The van der Waals surface area contributed by atoms with E-state index in [0.717, 1.165) is 0 Å². The van der Waals surface area contributed by atoms with E-state index in [1.807, 2.05) is 13.8 Å². The van der Waals surface area contributed by atoms with Crippen molar-refractivity contribution < 1.29 is 4.79 Å². The van der Waals surface area contributed by atoms with Crippen LogP contribution in [0.3, 0.4) is 0 Å². The fourth-order valence-electron chi connectivity index (χ4n) is 1.32. The number of rotatable bonds is 4. The summed E-state index contributed by atoms with van der Waals surface area (Å²) in [5, 5.41) is 10.0. The lowest BCUT2D eigenvalue weighted by Gasteiger charge is -2.25. The van der Waals surface area contributed by atoms with Gasteiger partial charge >= 0.3 is 0 Å². The van der Waals surface area contributed by atoms with Crippen molar-refractivity contribution in [3.05, 3.63) is 30.1 Å². The second-order valence-electron chi connectivity index (χ2n) is 4.16. The molecule has 1 amide bonds. The Morgan fingerprint density at radius 3 is 2.56 bits per heavy atom. The van der Waals surface area contributed by atoms with Gasteiger partial charge in [-0.1, -0.05) is 11.6 Å².